The molecule has 1 atom stereocenters. The number of aliphatic imine (C=N–C) groups is 1. The second-order valence-corrected chi connectivity index (χ2v) is 5.68. The Kier molecular flexibility index (Phi) is 11.6. The van der Waals surface area contributed by atoms with Crippen LogP contribution in [-0.2, 0) is 16.0 Å². The summed E-state index contributed by atoms with van der Waals surface area (Å²) in [5.74, 6) is 1.64. The van der Waals surface area contributed by atoms with Gasteiger partial charge >= 0.3 is 0 Å². The molecule has 0 aromatic heterocycles. The summed E-state index contributed by atoms with van der Waals surface area (Å²) in [4.78, 5) is 4.59. The van der Waals surface area contributed by atoms with Gasteiger partial charge in [0.2, 0.25) is 0 Å². The fourth-order valence-corrected chi connectivity index (χ4v) is 2.52. The number of benzene rings is 1. The molecule has 1 aromatic rings. The third kappa shape index (κ3) is 8.73. The van der Waals surface area contributed by atoms with E-state index in [1.807, 2.05) is 24.3 Å². The van der Waals surface area contributed by atoms with Crippen molar-refractivity contribution in [1.29, 1.82) is 0 Å². The van der Waals surface area contributed by atoms with Crippen LogP contribution in [0.5, 0.6) is 5.75 Å². The van der Waals surface area contributed by atoms with Crippen LogP contribution in [0, 0.1) is 0 Å². The van der Waals surface area contributed by atoms with Gasteiger partial charge in [0, 0.05) is 19.7 Å². The van der Waals surface area contributed by atoms with Crippen LogP contribution in [0.4, 0.5) is 0 Å². The van der Waals surface area contributed by atoms with Gasteiger partial charge in [-0.15, -0.1) is 24.0 Å². The van der Waals surface area contributed by atoms with Crippen LogP contribution in [0.2, 0.25) is 0 Å². The highest BCUT2D eigenvalue weighted by Gasteiger charge is 2.14. The van der Waals surface area contributed by atoms with Gasteiger partial charge in [-0.3, -0.25) is 0 Å². The lowest BCUT2D eigenvalue weighted by Gasteiger charge is -2.13. The first-order valence-electron chi connectivity index (χ1n) is 8.66. The van der Waals surface area contributed by atoms with E-state index in [0.717, 1.165) is 49.8 Å². The molecule has 1 aliphatic heterocycles. The topological polar surface area (TPSA) is 64.1 Å². The van der Waals surface area contributed by atoms with Gasteiger partial charge in [0.15, 0.2) is 5.96 Å². The van der Waals surface area contributed by atoms with Crippen molar-refractivity contribution < 1.29 is 14.2 Å². The minimum atomic E-state index is 0. The van der Waals surface area contributed by atoms with Gasteiger partial charge in [-0.1, -0.05) is 12.1 Å². The van der Waals surface area contributed by atoms with Crippen LogP contribution in [0.15, 0.2) is 29.3 Å². The van der Waals surface area contributed by atoms with Crippen molar-refractivity contribution in [2.75, 3.05) is 40.0 Å². The average Bonchev–Trinajstić information content (AvgIpc) is 3.13. The first-order valence-corrected chi connectivity index (χ1v) is 8.66. The van der Waals surface area contributed by atoms with Gasteiger partial charge in [0.25, 0.3) is 0 Å². The standard InChI is InChI=1S/C18H29N3O3.HI/c1-3-19-18(20-9-11-23-14-17-8-5-10-24-17)21-13-15-6-4-7-16(12-15)22-2;/h4,6-7,12,17H,3,5,8-11,13-14H2,1-2H3,(H2,19,20,21);1H. The van der Waals surface area contributed by atoms with E-state index in [2.05, 4.69) is 22.5 Å². The molecule has 1 aromatic carbocycles. The first kappa shape index (κ1) is 22.0. The number of ether oxygens (including phenoxy) is 3. The normalized spacial score (nSPS) is 17.0. The van der Waals surface area contributed by atoms with Crippen molar-refractivity contribution >= 4 is 29.9 Å². The predicted molar refractivity (Wildman–Crippen MR) is 111 cm³/mol. The molecule has 0 amide bonds. The Bertz CT molecular complexity index is 508. The van der Waals surface area contributed by atoms with Crippen LogP contribution in [-0.4, -0.2) is 52.1 Å². The van der Waals surface area contributed by atoms with Crippen LogP contribution >= 0.6 is 24.0 Å². The number of hydrogen-bond acceptors (Lipinski definition) is 4. The third-order valence-corrected chi connectivity index (χ3v) is 3.76. The summed E-state index contributed by atoms with van der Waals surface area (Å²) < 4.78 is 16.4. The zero-order chi connectivity index (χ0) is 17.0. The number of halogens is 1. The number of nitrogens with zero attached hydrogens (tertiary/aromatic N) is 1. The lowest BCUT2D eigenvalue weighted by atomic mass is 10.2. The Balaban J connectivity index is 0.00000312. The molecule has 1 aliphatic rings. The van der Waals surface area contributed by atoms with E-state index in [1.165, 1.54) is 0 Å². The molecule has 1 unspecified atom stereocenters. The summed E-state index contributed by atoms with van der Waals surface area (Å²) >= 11 is 0. The molecule has 0 spiro atoms. The smallest absolute Gasteiger partial charge is 0.191 e. The number of nitrogens with one attached hydrogen (secondary N) is 2. The van der Waals surface area contributed by atoms with E-state index in [-0.39, 0.29) is 30.1 Å². The Morgan fingerprint density at radius 2 is 2.24 bits per heavy atom. The molecule has 0 bridgehead atoms. The van der Waals surface area contributed by atoms with Crippen LogP contribution in [0.25, 0.3) is 0 Å². The van der Waals surface area contributed by atoms with E-state index in [9.17, 15) is 0 Å². The number of hydrogen-bond donors (Lipinski definition) is 2. The summed E-state index contributed by atoms with van der Waals surface area (Å²) in [6.07, 6.45) is 2.53. The van der Waals surface area contributed by atoms with E-state index in [4.69, 9.17) is 14.2 Å². The maximum absolute atomic E-state index is 5.65. The Morgan fingerprint density at radius 3 is 2.96 bits per heavy atom. The summed E-state index contributed by atoms with van der Waals surface area (Å²) in [6, 6.07) is 7.95. The van der Waals surface area contributed by atoms with Crippen LogP contribution in [0.3, 0.4) is 0 Å². The first-order chi connectivity index (χ1) is 11.8. The maximum atomic E-state index is 5.65. The van der Waals surface area contributed by atoms with Crippen molar-refractivity contribution in [3.63, 3.8) is 0 Å². The van der Waals surface area contributed by atoms with E-state index >= 15 is 0 Å². The molecular weight excluding hydrogens is 433 g/mol. The number of rotatable bonds is 9. The quantitative estimate of drug-likeness (QED) is 0.255. The largest absolute Gasteiger partial charge is 0.497 e. The SMILES string of the molecule is CCNC(=NCc1cccc(OC)c1)NCCOCC1CCCO1.I. The van der Waals surface area contributed by atoms with Crippen LogP contribution < -0.4 is 15.4 Å². The molecule has 1 heterocycles. The Labute approximate surface area is 167 Å². The predicted octanol–water partition coefficient (Wildman–Crippen LogP) is 2.56. The van der Waals surface area contributed by atoms with E-state index < -0.39 is 0 Å². The highest BCUT2D eigenvalue weighted by molar-refractivity contribution is 14.0. The lowest BCUT2D eigenvalue weighted by molar-refractivity contribution is 0.0191. The van der Waals surface area contributed by atoms with E-state index in [0.29, 0.717) is 19.8 Å². The molecule has 0 radical (unpaired) electrons. The molecule has 142 valence electrons. The van der Waals surface area contributed by atoms with Crippen molar-refractivity contribution in [3.05, 3.63) is 29.8 Å². The molecule has 7 heteroatoms. The fraction of sp³-hybridized carbons (Fsp3) is 0.611. The minimum absolute atomic E-state index is 0. The fourth-order valence-electron chi connectivity index (χ4n) is 2.52. The average molecular weight is 463 g/mol. The molecule has 2 rings (SSSR count). The molecule has 1 fully saturated rings. The van der Waals surface area contributed by atoms with Crippen molar-refractivity contribution in [2.45, 2.75) is 32.4 Å². The van der Waals surface area contributed by atoms with Gasteiger partial charge in [-0.25, -0.2) is 4.99 Å². The van der Waals surface area contributed by atoms with Crippen molar-refractivity contribution in [2.24, 2.45) is 4.99 Å². The third-order valence-electron chi connectivity index (χ3n) is 3.76. The molecule has 0 saturated carbocycles. The van der Waals surface area contributed by atoms with Crippen molar-refractivity contribution in [1.82, 2.24) is 10.6 Å². The summed E-state index contributed by atoms with van der Waals surface area (Å²) in [5, 5.41) is 6.53. The zero-order valence-electron chi connectivity index (χ0n) is 15.1. The summed E-state index contributed by atoms with van der Waals surface area (Å²) in [7, 11) is 1.67. The molecule has 2 N–H and O–H groups in total. The van der Waals surface area contributed by atoms with Gasteiger partial charge in [0.05, 0.1) is 33.0 Å². The number of methoxy groups -OCH3 is 1. The van der Waals surface area contributed by atoms with E-state index in [1.54, 1.807) is 7.11 Å². The minimum Gasteiger partial charge on any atom is -0.497 e. The molecule has 25 heavy (non-hydrogen) atoms. The Morgan fingerprint density at radius 1 is 1.36 bits per heavy atom. The highest BCUT2D eigenvalue weighted by Crippen LogP contribution is 2.13. The summed E-state index contributed by atoms with van der Waals surface area (Å²) in [5.41, 5.74) is 1.11. The van der Waals surface area contributed by atoms with Gasteiger partial charge in [0.1, 0.15) is 5.75 Å². The number of guanidine groups is 1. The van der Waals surface area contributed by atoms with Gasteiger partial charge < -0.3 is 24.8 Å². The second kappa shape index (κ2) is 13.2. The molecule has 1 saturated heterocycles. The molecule has 0 aliphatic carbocycles. The molecule has 6 nitrogen and oxygen atoms in total. The summed E-state index contributed by atoms with van der Waals surface area (Å²) in [6.45, 7) is 6.38. The Hall–Kier alpha value is -1.06. The maximum Gasteiger partial charge on any atom is 0.191 e. The highest BCUT2D eigenvalue weighted by atomic mass is 127. The second-order valence-electron chi connectivity index (χ2n) is 5.68. The van der Waals surface area contributed by atoms with Crippen LogP contribution in [0.1, 0.15) is 25.3 Å². The lowest BCUT2D eigenvalue weighted by Crippen LogP contribution is -2.39. The van der Waals surface area contributed by atoms with Gasteiger partial charge in [-0.2, -0.15) is 0 Å². The van der Waals surface area contributed by atoms with Crippen molar-refractivity contribution in [3.8, 4) is 5.75 Å². The van der Waals surface area contributed by atoms with Gasteiger partial charge in [-0.05, 0) is 37.5 Å². The monoisotopic (exact) mass is 463 g/mol. The zero-order valence-corrected chi connectivity index (χ0v) is 17.5. The molecular formula is C18H30IN3O3.